The van der Waals surface area contributed by atoms with E-state index in [-0.39, 0.29) is 0 Å². The van der Waals surface area contributed by atoms with Crippen molar-refractivity contribution in [1.82, 2.24) is 4.37 Å². The SMILES string of the molecule is COOSc1ccc(-c2nsc(C)c2-c2ccccc2)cc1. The van der Waals surface area contributed by atoms with E-state index in [1.165, 1.54) is 46.7 Å². The molecule has 2 aromatic carbocycles. The number of rotatable bonds is 5. The van der Waals surface area contributed by atoms with Crippen LogP contribution in [0.3, 0.4) is 0 Å². The van der Waals surface area contributed by atoms with E-state index in [1.54, 1.807) is 0 Å². The van der Waals surface area contributed by atoms with Gasteiger partial charge in [0.1, 0.15) is 0 Å². The van der Waals surface area contributed by atoms with Crippen LogP contribution in [0.2, 0.25) is 0 Å². The minimum absolute atomic E-state index is 0.985. The third-order valence-corrected chi connectivity index (χ3v) is 4.67. The van der Waals surface area contributed by atoms with Crippen LogP contribution in [0.15, 0.2) is 59.5 Å². The minimum Gasteiger partial charge on any atom is -0.227 e. The first-order chi connectivity index (χ1) is 10.8. The smallest absolute Gasteiger partial charge is 0.0921 e. The van der Waals surface area contributed by atoms with Gasteiger partial charge in [-0.05, 0) is 36.2 Å². The van der Waals surface area contributed by atoms with Gasteiger partial charge >= 0.3 is 0 Å². The molecule has 1 aromatic heterocycles. The molecule has 0 fully saturated rings. The van der Waals surface area contributed by atoms with Crippen LogP contribution < -0.4 is 0 Å². The Morgan fingerprint density at radius 1 is 0.955 bits per heavy atom. The van der Waals surface area contributed by atoms with Gasteiger partial charge in [-0.2, -0.15) is 8.71 Å². The maximum atomic E-state index is 4.87. The first-order valence-corrected chi connectivity index (χ1v) is 8.30. The molecule has 0 saturated carbocycles. The van der Waals surface area contributed by atoms with E-state index in [4.69, 9.17) is 4.33 Å². The molecule has 5 heteroatoms. The highest BCUT2D eigenvalue weighted by Gasteiger charge is 2.14. The van der Waals surface area contributed by atoms with Crippen molar-refractivity contribution in [2.75, 3.05) is 7.11 Å². The lowest BCUT2D eigenvalue weighted by Gasteiger charge is -2.06. The zero-order valence-electron chi connectivity index (χ0n) is 12.3. The maximum absolute atomic E-state index is 4.87. The molecule has 3 rings (SSSR count). The fraction of sp³-hybridized carbons (Fsp3) is 0.118. The van der Waals surface area contributed by atoms with Crippen LogP contribution in [0.5, 0.6) is 0 Å². The van der Waals surface area contributed by atoms with Gasteiger partial charge in [0.15, 0.2) is 0 Å². The van der Waals surface area contributed by atoms with Crippen LogP contribution in [-0.4, -0.2) is 11.5 Å². The predicted octanol–water partition coefficient (Wildman–Crippen LogP) is 5.37. The molecule has 0 unspecified atom stereocenters. The van der Waals surface area contributed by atoms with Crippen LogP contribution in [-0.2, 0) is 9.22 Å². The van der Waals surface area contributed by atoms with E-state index in [0.717, 1.165) is 16.2 Å². The van der Waals surface area contributed by atoms with E-state index < -0.39 is 0 Å². The molecule has 3 aromatic rings. The molecule has 112 valence electrons. The summed E-state index contributed by atoms with van der Waals surface area (Å²) >= 11 is 2.73. The molecule has 0 bridgehead atoms. The van der Waals surface area contributed by atoms with Crippen LogP contribution in [0.25, 0.3) is 22.4 Å². The number of hydrogen-bond donors (Lipinski definition) is 0. The zero-order valence-corrected chi connectivity index (χ0v) is 13.9. The van der Waals surface area contributed by atoms with Gasteiger partial charge in [0.25, 0.3) is 0 Å². The Bertz CT molecular complexity index is 739. The molecule has 0 aliphatic rings. The monoisotopic (exact) mass is 329 g/mol. The van der Waals surface area contributed by atoms with Crippen molar-refractivity contribution >= 4 is 23.6 Å². The van der Waals surface area contributed by atoms with Crippen LogP contribution >= 0.6 is 23.6 Å². The Balaban J connectivity index is 1.96. The summed E-state index contributed by atoms with van der Waals surface area (Å²) in [5.41, 5.74) is 4.53. The second-order valence-electron chi connectivity index (χ2n) is 4.67. The van der Waals surface area contributed by atoms with E-state index >= 15 is 0 Å². The Morgan fingerprint density at radius 3 is 2.36 bits per heavy atom. The molecule has 0 atom stereocenters. The highest BCUT2D eigenvalue weighted by molar-refractivity contribution is 7.94. The fourth-order valence-corrected chi connectivity index (χ4v) is 3.38. The first kappa shape index (κ1) is 15.2. The lowest BCUT2D eigenvalue weighted by molar-refractivity contribution is -0.160. The van der Waals surface area contributed by atoms with Crippen LogP contribution in [0.1, 0.15) is 4.88 Å². The van der Waals surface area contributed by atoms with Crippen molar-refractivity contribution in [1.29, 1.82) is 0 Å². The summed E-state index contributed by atoms with van der Waals surface area (Å²) in [5, 5.41) is 0. The van der Waals surface area contributed by atoms with E-state index in [0.29, 0.717) is 0 Å². The summed E-state index contributed by atoms with van der Waals surface area (Å²) in [6, 6.07) is 18.5. The molecule has 0 radical (unpaired) electrons. The average Bonchev–Trinajstić information content (AvgIpc) is 2.96. The van der Waals surface area contributed by atoms with Crippen molar-refractivity contribution in [3.63, 3.8) is 0 Å². The molecule has 22 heavy (non-hydrogen) atoms. The Labute approximate surface area is 138 Å². The molecule has 3 nitrogen and oxygen atoms in total. The quantitative estimate of drug-likeness (QED) is 0.358. The number of hydrogen-bond acceptors (Lipinski definition) is 5. The summed E-state index contributed by atoms with van der Waals surface area (Å²) < 4.78 is 9.50. The highest BCUT2D eigenvalue weighted by Crippen LogP contribution is 2.36. The van der Waals surface area contributed by atoms with Gasteiger partial charge < -0.3 is 0 Å². The van der Waals surface area contributed by atoms with Crippen molar-refractivity contribution in [3.05, 3.63) is 59.5 Å². The molecular weight excluding hydrogens is 314 g/mol. The molecule has 0 saturated heterocycles. The number of benzene rings is 2. The molecule has 0 aliphatic carbocycles. The molecule has 0 aliphatic heterocycles. The summed E-state index contributed by atoms with van der Waals surface area (Å²) in [5.74, 6) is 0. The van der Waals surface area contributed by atoms with Crippen molar-refractivity contribution < 1.29 is 9.22 Å². The van der Waals surface area contributed by atoms with Gasteiger partial charge in [-0.15, -0.1) is 0 Å². The Kier molecular flexibility index (Phi) is 4.90. The molecule has 0 N–H and O–H groups in total. The topological polar surface area (TPSA) is 31.4 Å². The number of aromatic nitrogens is 1. The fourth-order valence-electron chi connectivity index (χ4n) is 2.26. The molecule has 1 heterocycles. The lowest BCUT2D eigenvalue weighted by atomic mass is 10.00. The summed E-state index contributed by atoms with van der Waals surface area (Å²) in [6.45, 7) is 2.11. The van der Waals surface area contributed by atoms with E-state index in [2.05, 4.69) is 52.6 Å². The second-order valence-corrected chi connectivity index (χ2v) is 6.42. The third-order valence-electron chi connectivity index (χ3n) is 3.25. The average molecular weight is 329 g/mol. The van der Waals surface area contributed by atoms with E-state index in [1.807, 2.05) is 18.2 Å². The minimum atomic E-state index is 0.985. The van der Waals surface area contributed by atoms with Gasteiger partial charge in [-0.1, -0.05) is 42.5 Å². The zero-order chi connectivity index (χ0) is 15.4. The normalized spacial score (nSPS) is 10.8. The van der Waals surface area contributed by atoms with Crippen LogP contribution in [0.4, 0.5) is 0 Å². The first-order valence-electron chi connectivity index (χ1n) is 6.79. The standard InChI is InChI=1S/C17H15NO2S2/c1-12-16(13-6-4-3-5-7-13)17(18-21-12)14-8-10-15(11-9-14)22-20-19-2/h3-11H,1-2H3. The van der Waals surface area contributed by atoms with Crippen molar-refractivity contribution in [2.24, 2.45) is 0 Å². The van der Waals surface area contributed by atoms with Crippen molar-refractivity contribution in [3.8, 4) is 22.4 Å². The number of nitrogens with zero attached hydrogens (tertiary/aromatic N) is 1. The van der Waals surface area contributed by atoms with Gasteiger partial charge in [0.2, 0.25) is 0 Å². The van der Waals surface area contributed by atoms with Gasteiger partial charge in [0, 0.05) is 20.9 Å². The van der Waals surface area contributed by atoms with E-state index in [9.17, 15) is 0 Å². The van der Waals surface area contributed by atoms with Crippen LogP contribution in [0, 0.1) is 6.92 Å². The van der Waals surface area contributed by atoms with Gasteiger partial charge in [0.05, 0.1) is 24.8 Å². The second kappa shape index (κ2) is 7.07. The lowest BCUT2D eigenvalue weighted by Crippen LogP contribution is -1.84. The Hall–Kier alpha value is -1.66. The summed E-state index contributed by atoms with van der Waals surface area (Å²) in [4.78, 5) is 6.80. The Morgan fingerprint density at radius 2 is 1.68 bits per heavy atom. The van der Waals surface area contributed by atoms with Gasteiger partial charge in [-0.3, -0.25) is 0 Å². The predicted molar refractivity (Wildman–Crippen MR) is 91.7 cm³/mol. The third kappa shape index (κ3) is 3.23. The summed E-state index contributed by atoms with van der Waals surface area (Å²) in [7, 11) is 1.49. The molecule has 0 spiro atoms. The largest absolute Gasteiger partial charge is 0.227 e. The number of aryl methyl sites for hydroxylation is 1. The van der Waals surface area contributed by atoms with Gasteiger partial charge in [-0.25, -0.2) is 4.89 Å². The highest BCUT2D eigenvalue weighted by atomic mass is 32.2. The van der Waals surface area contributed by atoms with Crippen molar-refractivity contribution in [2.45, 2.75) is 11.8 Å². The maximum Gasteiger partial charge on any atom is 0.0921 e. The molecule has 0 amide bonds. The summed E-state index contributed by atoms with van der Waals surface area (Å²) in [6.07, 6.45) is 0. The molecular formula is C17H15NO2S2.